The van der Waals surface area contributed by atoms with E-state index >= 15 is 0 Å². The standard InChI is InChI=1S/C11H21BNO2P.C2H6/c1-10(2)11(3,4)15-12(14-10)9-5-7-13(16)8-6-9;1-2/h5H,6-8,16H2,1-4H3;1-2H3. The predicted molar refractivity (Wildman–Crippen MR) is 81.4 cm³/mol. The molecule has 0 aromatic carbocycles. The third kappa shape index (κ3) is 3.36. The van der Waals surface area contributed by atoms with Crippen LogP contribution in [-0.2, 0) is 9.31 Å². The molecule has 0 radical (unpaired) electrons. The molecule has 1 fully saturated rings. The molecule has 0 amide bonds. The maximum absolute atomic E-state index is 6.02. The minimum Gasteiger partial charge on any atom is -0.400 e. The van der Waals surface area contributed by atoms with Gasteiger partial charge in [-0.1, -0.05) is 29.3 Å². The Balaban J connectivity index is 0.000000771. The van der Waals surface area contributed by atoms with Crippen molar-refractivity contribution in [2.24, 2.45) is 0 Å². The third-order valence-corrected chi connectivity index (χ3v) is 4.30. The average Bonchev–Trinajstić information content (AvgIpc) is 2.52. The van der Waals surface area contributed by atoms with Gasteiger partial charge >= 0.3 is 7.12 Å². The zero-order valence-electron chi connectivity index (χ0n) is 12.6. The van der Waals surface area contributed by atoms with Crippen LogP contribution in [0, 0.1) is 0 Å². The summed E-state index contributed by atoms with van der Waals surface area (Å²) in [6.07, 6.45) is 3.25. The molecule has 2 aliphatic rings. The summed E-state index contributed by atoms with van der Waals surface area (Å²) >= 11 is 0. The summed E-state index contributed by atoms with van der Waals surface area (Å²) in [4.78, 5) is 0. The summed E-state index contributed by atoms with van der Waals surface area (Å²) in [5.74, 6) is 0. The Morgan fingerprint density at radius 2 is 1.67 bits per heavy atom. The molecule has 2 rings (SSSR count). The smallest absolute Gasteiger partial charge is 0.400 e. The fraction of sp³-hybridized carbons (Fsp3) is 0.846. The second kappa shape index (κ2) is 6.05. The van der Waals surface area contributed by atoms with Crippen molar-refractivity contribution in [2.75, 3.05) is 13.1 Å². The SMILES string of the molecule is CC.CC1(C)OB(C2=CCN(P)CC2)OC1(C)C. The van der Waals surface area contributed by atoms with Crippen LogP contribution in [0.4, 0.5) is 0 Å². The summed E-state index contributed by atoms with van der Waals surface area (Å²) in [5, 5.41) is 0. The lowest BCUT2D eigenvalue weighted by atomic mass is 9.75. The minimum atomic E-state index is -0.226. The van der Waals surface area contributed by atoms with Gasteiger partial charge in [-0.05, 0) is 39.6 Å². The van der Waals surface area contributed by atoms with Crippen LogP contribution in [0.25, 0.3) is 0 Å². The highest BCUT2D eigenvalue weighted by Gasteiger charge is 2.52. The molecule has 0 bridgehead atoms. The van der Waals surface area contributed by atoms with E-state index in [0.29, 0.717) is 0 Å². The number of rotatable bonds is 1. The van der Waals surface area contributed by atoms with Gasteiger partial charge in [0.1, 0.15) is 0 Å². The zero-order chi connectivity index (χ0) is 14.0. The first kappa shape index (κ1) is 16.2. The summed E-state index contributed by atoms with van der Waals surface area (Å²) in [6, 6.07) is 0. The van der Waals surface area contributed by atoms with Crippen LogP contribution in [0.3, 0.4) is 0 Å². The van der Waals surface area contributed by atoms with Crippen molar-refractivity contribution in [3.8, 4) is 0 Å². The number of hydrogen-bond acceptors (Lipinski definition) is 3. The molecule has 1 unspecified atom stereocenters. The number of nitrogens with zero attached hydrogens (tertiary/aromatic N) is 1. The van der Waals surface area contributed by atoms with Gasteiger partial charge in [0.25, 0.3) is 0 Å². The highest BCUT2D eigenvalue weighted by atomic mass is 31.0. The summed E-state index contributed by atoms with van der Waals surface area (Å²) in [5.41, 5.74) is 0.838. The fourth-order valence-corrected chi connectivity index (χ4v) is 2.14. The highest BCUT2D eigenvalue weighted by molar-refractivity contribution is 7.13. The molecular formula is C13H27BNO2P. The normalized spacial score (nSPS) is 26.4. The van der Waals surface area contributed by atoms with E-state index in [-0.39, 0.29) is 18.3 Å². The molecule has 5 heteroatoms. The number of hydrogen-bond donors (Lipinski definition) is 0. The van der Waals surface area contributed by atoms with E-state index in [1.165, 1.54) is 5.47 Å². The lowest BCUT2D eigenvalue weighted by Gasteiger charge is -2.32. The molecule has 2 aliphatic heterocycles. The molecule has 1 atom stereocenters. The second-order valence-corrected chi connectivity index (χ2v) is 6.34. The van der Waals surface area contributed by atoms with Gasteiger partial charge in [0.2, 0.25) is 0 Å². The van der Waals surface area contributed by atoms with Crippen LogP contribution < -0.4 is 0 Å². The van der Waals surface area contributed by atoms with E-state index in [9.17, 15) is 0 Å². The molecule has 0 aromatic heterocycles. The molecule has 18 heavy (non-hydrogen) atoms. The highest BCUT2D eigenvalue weighted by Crippen LogP contribution is 2.39. The Hall–Kier alpha value is 0.115. The van der Waals surface area contributed by atoms with Gasteiger partial charge < -0.3 is 9.31 Å². The van der Waals surface area contributed by atoms with Crippen LogP contribution >= 0.6 is 9.39 Å². The van der Waals surface area contributed by atoms with Gasteiger partial charge in [-0.3, -0.25) is 4.67 Å². The first-order valence-corrected chi connectivity index (χ1v) is 7.38. The average molecular weight is 271 g/mol. The van der Waals surface area contributed by atoms with E-state index in [4.69, 9.17) is 9.31 Å². The van der Waals surface area contributed by atoms with Crippen LogP contribution in [0.15, 0.2) is 11.5 Å². The van der Waals surface area contributed by atoms with Gasteiger partial charge in [-0.2, -0.15) is 0 Å². The van der Waals surface area contributed by atoms with E-state index in [1.807, 2.05) is 13.8 Å². The summed E-state index contributed by atoms with van der Waals surface area (Å²) in [7, 11) is 2.58. The van der Waals surface area contributed by atoms with Crippen molar-refractivity contribution in [1.29, 1.82) is 0 Å². The topological polar surface area (TPSA) is 21.7 Å². The monoisotopic (exact) mass is 271 g/mol. The molecule has 0 N–H and O–H groups in total. The van der Waals surface area contributed by atoms with Crippen molar-refractivity contribution in [3.05, 3.63) is 11.5 Å². The largest absolute Gasteiger partial charge is 0.490 e. The minimum absolute atomic E-state index is 0.149. The quantitative estimate of drug-likeness (QED) is 0.540. The van der Waals surface area contributed by atoms with E-state index in [1.54, 1.807) is 0 Å². The first-order chi connectivity index (χ1) is 8.32. The molecule has 104 valence electrons. The van der Waals surface area contributed by atoms with Crippen LogP contribution in [0.1, 0.15) is 48.0 Å². The van der Waals surface area contributed by atoms with E-state index in [2.05, 4.69) is 47.8 Å². The van der Waals surface area contributed by atoms with Gasteiger partial charge in [0, 0.05) is 13.1 Å². The second-order valence-electron chi connectivity index (χ2n) is 5.61. The Bertz CT molecular complexity index is 302. The van der Waals surface area contributed by atoms with Crippen molar-refractivity contribution in [1.82, 2.24) is 4.67 Å². The van der Waals surface area contributed by atoms with Gasteiger partial charge in [-0.25, -0.2) is 0 Å². The molecule has 0 saturated carbocycles. The maximum atomic E-state index is 6.02. The van der Waals surface area contributed by atoms with E-state index in [0.717, 1.165) is 19.5 Å². The van der Waals surface area contributed by atoms with Gasteiger partial charge in [-0.15, -0.1) is 0 Å². The third-order valence-electron chi connectivity index (χ3n) is 3.83. The molecule has 0 spiro atoms. The summed E-state index contributed by atoms with van der Waals surface area (Å²) < 4.78 is 14.3. The van der Waals surface area contributed by atoms with Crippen molar-refractivity contribution < 1.29 is 9.31 Å². The molecule has 2 heterocycles. The van der Waals surface area contributed by atoms with Crippen molar-refractivity contribution >= 4 is 16.5 Å². The molecule has 3 nitrogen and oxygen atoms in total. The van der Waals surface area contributed by atoms with Crippen molar-refractivity contribution in [3.63, 3.8) is 0 Å². The van der Waals surface area contributed by atoms with Gasteiger partial charge in [0.05, 0.1) is 11.2 Å². The predicted octanol–water partition coefficient (Wildman–Crippen LogP) is 3.07. The Morgan fingerprint density at radius 1 is 1.17 bits per heavy atom. The Kier molecular flexibility index (Phi) is 5.43. The molecule has 1 saturated heterocycles. The van der Waals surface area contributed by atoms with Crippen LogP contribution in [0.2, 0.25) is 0 Å². The zero-order valence-corrected chi connectivity index (χ0v) is 13.8. The molecule has 0 aromatic rings. The van der Waals surface area contributed by atoms with Crippen LogP contribution in [-0.4, -0.2) is 36.1 Å². The first-order valence-electron chi connectivity index (χ1n) is 6.86. The van der Waals surface area contributed by atoms with Crippen molar-refractivity contribution in [2.45, 2.75) is 59.2 Å². The Labute approximate surface area is 115 Å². The van der Waals surface area contributed by atoms with Gasteiger partial charge in [0.15, 0.2) is 0 Å². The Morgan fingerprint density at radius 3 is 2.06 bits per heavy atom. The lowest BCUT2D eigenvalue weighted by molar-refractivity contribution is 0.00578. The molecule has 0 aliphatic carbocycles. The lowest BCUT2D eigenvalue weighted by Crippen LogP contribution is -2.41. The maximum Gasteiger partial charge on any atom is 0.490 e. The fourth-order valence-electron chi connectivity index (χ4n) is 1.91. The van der Waals surface area contributed by atoms with Crippen LogP contribution in [0.5, 0.6) is 0 Å². The molecular weight excluding hydrogens is 244 g/mol. The summed E-state index contributed by atoms with van der Waals surface area (Å²) in [6.45, 7) is 14.4. The van der Waals surface area contributed by atoms with E-state index < -0.39 is 0 Å².